The first-order chi connectivity index (χ1) is 5.41. The van der Waals surface area contributed by atoms with Gasteiger partial charge in [0.1, 0.15) is 0 Å². The summed E-state index contributed by atoms with van der Waals surface area (Å²) in [5.41, 5.74) is 0. The van der Waals surface area contributed by atoms with Gasteiger partial charge < -0.3 is 0 Å². The normalized spacial score (nSPS) is 8.91. The number of rotatable bonds is 5. The Kier molecular flexibility index (Phi) is 9.18. The first-order valence-electron chi connectivity index (χ1n) is 4.66. The predicted molar refractivity (Wildman–Crippen MR) is 51.1 cm³/mol. The predicted octanol–water partition coefficient (Wildman–Crippen LogP) is 3.57. The average Bonchev–Trinajstić information content (AvgIpc) is 2.03. The third kappa shape index (κ3) is 9.56. The molecule has 0 unspecified atom stereocenters. The van der Waals surface area contributed by atoms with Crippen LogP contribution in [0.4, 0.5) is 0 Å². The molecule has 0 saturated heterocycles. The molecule has 0 spiro atoms. The topological polar surface area (TPSA) is 0 Å². The summed E-state index contributed by atoms with van der Waals surface area (Å²) in [5.74, 6) is 6.25. The maximum atomic E-state index is 3.73. The molecule has 0 bridgehead atoms. The Labute approximate surface area is 71.4 Å². The highest BCUT2D eigenvalue weighted by Crippen LogP contribution is 2.00. The van der Waals surface area contributed by atoms with E-state index in [1.54, 1.807) is 0 Å². The molecule has 11 heavy (non-hydrogen) atoms. The molecular formula is C11H19. The quantitative estimate of drug-likeness (QED) is 0.416. The molecule has 0 heteroatoms. The van der Waals surface area contributed by atoms with Crippen molar-refractivity contribution in [2.75, 3.05) is 0 Å². The number of unbranched alkanes of at least 4 members (excludes halogenated alkanes) is 5. The second kappa shape index (κ2) is 9.56. The van der Waals surface area contributed by atoms with Crippen molar-refractivity contribution in [3.05, 3.63) is 6.92 Å². The fraction of sp³-hybridized carbons (Fsp3) is 0.727. The molecule has 0 aromatic rings. The summed E-state index contributed by atoms with van der Waals surface area (Å²) in [5, 5.41) is 0. The standard InChI is InChI=1S/C11H19/c1-3-5-7-9-11-10-8-6-4-2/h1,3-6,8,10-11H2,2H3. The summed E-state index contributed by atoms with van der Waals surface area (Å²) >= 11 is 0. The molecule has 0 nitrogen and oxygen atoms in total. The van der Waals surface area contributed by atoms with E-state index in [1.807, 2.05) is 0 Å². The average molecular weight is 151 g/mol. The first kappa shape index (κ1) is 10.6. The van der Waals surface area contributed by atoms with Gasteiger partial charge >= 0.3 is 0 Å². The van der Waals surface area contributed by atoms with Crippen LogP contribution in [0.2, 0.25) is 0 Å². The van der Waals surface area contributed by atoms with Crippen LogP contribution in [0.5, 0.6) is 0 Å². The lowest BCUT2D eigenvalue weighted by atomic mass is 10.1. The molecule has 0 aliphatic heterocycles. The minimum absolute atomic E-state index is 0.946. The highest BCUT2D eigenvalue weighted by atomic mass is 13.9. The Bertz CT molecular complexity index is 114. The Morgan fingerprint density at radius 3 is 2.36 bits per heavy atom. The highest BCUT2D eigenvalue weighted by molar-refractivity contribution is 4.98. The van der Waals surface area contributed by atoms with Crippen molar-refractivity contribution in [1.82, 2.24) is 0 Å². The third-order valence-corrected chi connectivity index (χ3v) is 1.58. The molecule has 0 N–H and O–H groups in total. The molecule has 0 aliphatic rings. The van der Waals surface area contributed by atoms with E-state index in [4.69, 9.17) is 0 Å². The smallest absolute Gasteiger partial charge is 0.00886 e. The van der Waals surface area contributed by atoms with Gasteiger partial charge in [-0.05, 0) is 12.8 Å². The van der Waals surface area contributed by atoms with Gasteiger partial charge in [-0.1, -0.05) is 33.1 Å². The Morgan fingerprint density at radius 1 is 1.00 bits per heavy atom. The molecule has 0 amide bonds. The van der Waals surface area contributed by atoms with Gasteiger partial charge in [0.15, 0.2) is 0 Å². The minimum atomic E-state index is 0.946. The van der Waals surface area contributed by atoms with Crippen LogP contribution in [0.15, 0.2) is 0 Å². The molecule has 0 saturated carbocycles. The Balaban J connectivity index is 2.96. The van der Waals surface area contributed by atoms with Gasteiger partial charge in [-0.3, -0.25) is 0 Å². The molecule has 0 heterocycles. The second-order valence-electron chi connectivity index (χ2n) is 2.77. The molecule has 0 aliphatic carbocycles. The molecule has 0 atom stereocenters. The minimum Gasteiger partial charge on any atom is -0.103 e. The zero-order valence-electron chi connectivity index (χ0n) is 7.66. The van der Waals surface area contributed by atoms with E-state index in [2.05, 4.69) is 25.7 Å². The lowest BCUT2D eigenvalue weighted by Crippen LogP contribution is -1.73. The highest BCUT2D eigenvalue weighted by Gasteiger charge is 1.83. The van der Waals surface area contributed by atoms with Crippen LogP contribution in [0, 0.1) is 18.8 Å². The number of hydrogen-bond donors (Lipinski definition) is 0. The van der Waals surface area contributed by atoms with E-state index in [1.165, 1.54) is 25.7 Å². The van der Waals surface area contributed by atoms with Crippen LogP contribution < -0.4 is 0 Å². The van der Waals surface area contributed by atoms with Crippen LogP contribution in [0.1, 0.15) is 51.9 Å². The maximum Gasteiger partial charge on any atom is 0.00886 e. The zero-order chi connectivity index (χ0) is 8.36. The zero-order valence-corrected chi connectivity index (χ0v) is 7.66. The largest absolute Gasteiger partial charge is 0.103 e. The fourth-order valence-electron chi connectivity index (χ4n) is 0.905. The summed E-state index contributed by atoms with van der Waals surface area (Å²) in [4.78, 5) is 0. The van der Waals surface area contributed by atoms with Crippen molar-refractivity contribution >= 4 is 0 Å². The maximum absolute atomic E-state index is 3.73. The van der Waals surface area contributed by atoms with Crippen molar-refractivity contribution in [3.63, 3.8) is 0 Å². The summed E-state index contributed by atoms with van der Waals surface area (Å²) in [6, 6.07) is 0. The van der Waals surface area contributed by atoms with Gasteiger partial charge in [0, 0.05) is 12.8 Å². The molecule has 0 rings (SSSR count). The van der Waals surface area contributed by atoms with Gasteiger partial charge in [0.25, 0.3) is 0 Å². The van der Waals surface area contributed by atoms with E-state index >= 15 is 0 Å². The molecule has 0 fully saturated rings. The number of hydrogen-bond acceptors (Lipinski definition) is 0. The van der Waals surface area contributed by atoms with Crippen LogP contribution in [-0.2, 0) is 0 Å². The lowest BCUT2D eigenvalue weighted by molar-refractivity contribution is 0.679. The monoisotopic (exact) mass is 151 g/mol. The van der Waals surface area contributed by atoms with E-state index in [9.17, 15) is 0 Å². The second-order valence-corrected chi connectivity index (χ2v) is 2.77. The van der Waals surface area contributed by atoms with E-state index < -0.39 is 0 Å². The third-order valence-electron chi connectivity index (χ3n) is 1.58. The summed E-state index contributed by atoms with van der Waals surface area (Å²) < 4.78 is 0. The summed E-state index contributed by atoms with van der Waals surface area (Å²) in [6.45, 7) is 5.96. The van der Waals surface area contributed by atoms with Crippen LogP contribution in [-0.4, -0.2) is 0 Å². The van der Waals surface area contributed by atoms with Gasteiger partial charge in [-0.25, -0.2) is 0 Å². The van der Waals surface area contributed by atoms with E-state index in [-0.39, 0.29) is 0 Å². The van der Waals surface area contributed by atoms with Gasteiger partial charge in [-0.2, -0.15) is 0 Å². The van der Waals surface area contributed by atoms with E-state index in [0.717, 1.165) is 19.3 Å². The lowest BCUT2D eigenvalue weighted by Gasteiger charge is -1.91. The Morgan fingerprint density at radius 2 is 1.73 bits per heavy atom. The molecular weight excluding hydrogens is 132 g/mol. The molecule has 0 aromatic heterocycles. The van der Waals surface area contributed by atoms with Crippen LogP contribution in [0.3, 0.4) is 0 Å². The van der Waals surface area contributed by atoms with Crippen molar-refractivity contribution in [2.24, 2.45) is 0 Å². The molecule has 1 radical (unpaired) electrons. The van der Waals surface area contributed by atoms with Gasteiger partial charge in [-0.15, -0.1) is 11.8 Å². The van der Waals surface area contributed by atoms with Crippen molar-refractivity contribution in [3.8, 4) is 11.8 Å². The SMILES string of the molecule is [CH2]CCC#CCCCCCC. The van der Waals surface area contributed by atoms with Gasteiger partial charge in [0.05, 0.1) is 0 Å². The van der Waals surface area contributed by atoms with Gasteiger partial charge in [0.2, 0.25) is 0 Å². The molecule has 0 aromatic carbocycles. The Hall–Kier alpha value is -0.440. The molecule has 63 valence electrons. The van der Waals surface area contributed by atoms with Crippen LogP contribution in [0.25, 0.3) is 0 Å². The van der Waals surface area contributed by atoms with Crippen molar-refractivity contribution in [2.45, 2.75) is 51.9 Å². The van der Waals surface area contributed by atoms with Crippen molar-refractivity contribution < 1.29 is 0 Å². The van der Waals surface area contributed by atoms with Crippen LogP contribution >= 0.6 is 0 Å². The van der Waals surface area contributed by atoms with E-state index in [0.29, 0.717) is 0 Å². The fourth-order valence-corrected chi connectivity index (χ4v) is 0.905. The summed E-state index contributed by atoms with van der Waals surface area (Å²) in [7, 11) is 0. The first-order valence-corrected chi connectivity index (χ1v) is 4.66. The van der Waals surface area contributed by atoms with Crippen molar-refractivity contribution in [1.29, 1.82) is 0 Å². The summed E-state index contributed by atoms with van der Waals surface area (Å²) in [6.07, 6.45) is 8.28.